The maximum atomic E-state index is 2.89. The molecule has 0 saturated carbocycles. The van der Waals surface area contributed by atoms with Crippen LogP contribution in [0.2, 0.25) is 0 Å². The second kappa shape index (κ2) is 42.0. The summed E-state index contributed by atoms with van der Waals surface area (Å²) >= 11 is 0. The molecule has 2 aliphatic heterocycles. The third kappa shape index (κ3) is 23.0. The van der Waals surface area contributed by atoms with Crippen molar-refractivity contribution in [1.29, 1.82) is 0 Å². The molecule has 0 N–H and O–H groups in total. The van der Waals surface area contributed by atoms with Gasteiger partial charge in [0.1, 0.15) is 24.8 Å². The summed E-state index contributed by atoms with van der Waals surface area (Å²) < 4.78 is 5.07. The van der Waals surface area contributed by atoms with Gasteiger partial charge in [0.05, 0.1) is 0 Å². The quantitative estimate of drug-likeness (QED) is 0.0264. The van der Waals surface area contributed by atoms with Gasteiger partial charge in [-0.15, -0.1) is 0 Å². The van der Waals surface area contributed by atoms with Crippen LogP contribution in [0, 0.1) is 0 Å². The van der Waals surface area contributed by atoms with Crippen molar-refractivity contribution in [2.24, 2.45) is 0 Å². The van der Waals surface area contributed by atoms with E-state index in [1.165, 1.54) is 214 Å². The summed E-state index contributed by atoms with van der Waals surface area (Å²) in [5.41, 5.74) is 31.5. The number of unbranched alkanes of at least 4 members (excludes halogenated alkanes) is 3. The van der Waals surface area contributed by atoms with Gasteiger partial charge in [0.2, 0.25) is 0 Å². The van der Waals surface area contributed by atoms with E-state index < -0.39 is 0 Å². The summed E-state index contributed by atoms with van der Waals surface area (Å²) in [5, 5.41) is 2.90. The lowest BCUT2D eigenvalue weighted by molar-refractivity contribution is -0.542. The Morgan fingerprint density at radius 3 is 0.658 bits per heavy atom. The molecule has 0 atom stereocenters. The van der Waals surface area contributed by atoms with Crippen molar-refractivity contribution in [1.82, 2.24) is 9.62 Å². The first-order chi connectivity index (χ1) is 56.0. The van der Waals surface area contributed by atoms with Crippen LogP contribution in [-0.4, -0.2) is 73.4 Å². The molecule has 6 aromatic carbocycles. The van der Waals surface area contributed by atoms with Crippen molar-refractivity contribution in [3.05, 3.63) is 201 Å². The number of pyridine rings is 2. The van der Waals surface area contributed by atoms with E-state index in [0.717, 1.165) is 0 Å². The molecule has 2 saturated heterocycles. The molecule has 0 bridgehead atoms. The Bertz CT molecular complexity index is 4030. The Morgan fingerprint density at radius 2 is 0.500 bits per heavy atom. The van der Waals surface area contributed by atoms with E-state index in [4.69, 9.17) is 0 Å². The zero-order valence-corrected chi connectivity index (χ0v) is 85.2. The smallest absolute Gasteiger partial charge is 0.408 e. The second-order valence-corrected chi connectivity index (χ2v) is 45.0. The lowest BCUT2D eigenvalue weighted by Crippen LogP contribution is -2.72. The third-order valence-electron chi connectivity index (χ3n) is 26.6. The highest BCUT2D eigenvalue weighted by Crippen LogP contribution is 2.51. The van der Waals surface area contributed by atoms with Crippen LogP contribution in [-0.2, 0) is 0 Å². The molecule has 8 aromatic rings. The fourth-order valence-corrected chi connectivity index (χ4v) is 23.3. The summed E-state index contributed by atoms with van der Waals surface area (Å²) in [4.78, 5) is 10.2. The highest BCUT2D eigenvalue weighted by molar-refractivity contribution is 7.80. The molecule has 10 heteroatoms. The monoisotopic (exact) mass is 1660 g/mol. The van der Waals surface area contributed by atoms with E-state index in [-0.39, 0.29) is 35.6 Å². The number of aromatic nitrogens is 2. The van der Waals surface area contributed by atoms with Gasteiger partial charge in [-0.2, -0.15) is 10.6 Å². The fraction of sp³-hybridized carbons (Fsp3) is 0.582. The standard InChI is InChI=1S/2C52H77BN3P.C6H14/c2*1-33(2)39-29-44(35(5)6)48(45(30-39)36(7)8)42-21-19-22-43(49-46(37(9)10)31-40(34(3)4)32-47(49)38(11)12)50(42)57-53(55-27-23-41(24-28-55)54(17)18)56-51(13,14)25-20-26-52(56,15)16;1-3-5-6-4-2/h2*19,21-24,27-38H,20,25-26H2,1-18H3;3-6H2,1-2H3. The molecule has 6 nitrogen and oxygen atoms in total. The summed E-state index contributed by atoms with van der Waals surface area (Å²) in [7, 11) is 11.1. The van der Waals surface area contributed by atoms with Crippen molar-refractivity contribution in [3.63, 3.8) is 0 Å². The molecule has 654 valence electrons. The fourth-order valence-electron chi connectivity index (χ4n) is 19.5. The van der Waals surface area contributed by atoms with Gasteiger partial charge in [-0.3, -0.25) is 9.62 Å². The van der Waals surface area contributed by atoms with Gasteiger partial charge in [-0.05, 0) is 276 Å². The highest BCUT2D eigenvalue weighted by Gasteiger charge is 2.50. The molecule has 2 aliphatic rings. The first-order valence-corrected chi connectivity index (χ1v) is 49.3. The maximum Gasteiger partial charge on any atom is 0.408 e. The molecular weight excluding hydrogens is 1490 g/mol. The molecule has 4 heterocycles. The van der Waals surface area contributed by atoms with Crippen LogP contribution in [0.25, 0.3) is 44.5 Å². The Labute approximate surface area is 742 Å². The van der Waals surface area contributed by atoms with Gasteiger partial charge in [0.25, 0.3) is 0 Å². The van der Waals surface area contributed by atoms with Crippen LogP contribution >= 0.6 is 16.9 Å². The minimum absolute atomic E-state index is 0.0118. The Morgan fingerprint density at radius 1 is 0.308 bits per heavy atom. The van der Waals surface area contributed by atoms with Crippen molar-refractivity contribution < 1.29 is 8.96 Å². The molecule has 2 aromatic heterocycles. The Balaban J connectivity index is 0.000000279. The molecule has 2 fully saturated rings. The van der Waals surface area contributed by atoms with Crippen LogP contribution in [0.5, 0.6) is 0 Å². The summed E-state index contributed by atoms with van der Waals surface area (Å²) in [6.45, 7) is 81.7. The minimum atomic E-state index is 0.0118. The second-order valence-electron chi connectivity index (χ2n) is 42.7. The van der Waals surface area contributed by atoms with Crippen LogP contribution in [0.3, 0.4) is 0 Å². The Hall–Kier alpha value is -5.87. The van der Waals surface area contributed by atoms with Gasteiger partial charge in [0.15, 0.2) is 0 Å². The van der Waals surface area contributed by atoms with E-state index in [1.54, 1.807) is 0 Å². The van der Waals surface area contributed by atoms with Crippen LogP contribution in [0.4, 0.5) is 11.4 Å². The molecule has 10 rings (SSSR count). The lowest BCUT2D eigenvalue weighted by Gasteiger charge is -2.56. The van der Waals surface area contributed by atoms with E-state index in [2.05, 4.69) is 426 Å². The van der Waals surface area contributed by atoms with Gasteiger partial charge in [-0.1, -0.05) is 291 Å². The summed E-state index contributed by atoms with van der Waals surface area (Å²) in [6, 6.07) is 44.2. The van der Waals surface area contributed by atoms with E-state index in [0.29, 0.717) is 71.0 Å². The van der Waals surface area contributed by atoms with Crippen molar-refractivity contribution in [2.45, 2.75) is 393 Å². The normalized spacial score (nSPS) is 15.7. The number of nitrogens with zero attached hydrogens (tertiary/aromatic N) is 6. The number of piperidine rings is 2. The van der Waals surface area contributed by atoms with E-state index in [1.807, 2.05) is 0 Å². The number of rotatable bonds is 29. The predicted molar refractivity (Wildman–Crippen MR) is 539 cm³/mol. The first kappa shape index (κ1) is 99.6. The van der Waals surface area contributed by atoms with Crippen LogP contribution in [0.15, 0.2) is 134 Å². The van der Waals surface area contributed by atoms with Crippen molar-refractivity contribution >= 4 is 52.3 Å². The zero-order chi connectivity index (χ0) is 89.4. The predicted octanol–water partition coefficient (Wildman–Crippen LogP) is 31.1. The third-order valence-corrected chi connectivity index (χ3v) is 29.5. The van der Waals surface area contributed by atoms with Gasteiger partial charge < -0.3 is 35.7 Å². The average Bonchev–Trinajstić information content (AvgIpc) is 0.740. The number of anilines is 2. The molecular formula is C110H168B2N6P2. The summed E-state index contributed by atoms with van der Waals surface area (Å²) in [6.07, 6.45) is 22.2. The number of hydrogen-bond acceptors (Lipinski definition) is 4. The van der Waals surface area contributed by atoms with Crippen LogP contribution in [0.1, 0.15) is 437 Å². The van der Waals surface area contributed by atoms with Gasteiger partial charge in [-0.25, -0.2) is 0 Å². The van der Waals surface area contributed by atoms with Crippen molar-refractivity contribution in [3.8, 4) is 44.5 Å². The molecule has 0 amide bonds. The molecule has 0 radical (unpaired) electrons. The van der Waals surface area contributed by atoms with Crippen molar-refractivity contribution in [2.75, 3.05) is 38.0 Å². The van der Waals surface area contributed by atoms with E-state index in [9.17, 15) is 0 Å². The summed E-state index contributed by atoms with van der Waals surface area (Å²) in [5.74, 6) is 4.95. The topological polar surface area (TPSA) is 20.7 Å². The first-order valence-electron chi connectivity index (χ1n) is 47.4. The largest absolute Gasteiger partial charge is 0.426 e. The minimum Gasteiger partial charge on any atom is -0.426 e. The Kier molecular flexibility index (Phi) is 34.8. The molecule has 0 aliphatic carbocycles. The average molecular weight is 1660 g/mol. The maximum absolute atomic E-state index is 2.89. The number of benzene rings is 6. The van der Waals surface area contributed by atoms with Gasteiger partial charge >= 0.3 is 13.4 Å². The zero-order valence-electron chi connectivity index (χ0n) is 83.4. The van der Waals surface area contributed by atoms with Gasteiger partial charge in [0, 0.05) is 86.0 Å². The number of hydrogen-bond donors (Lipinski definition) is 0. The lowest BCUT2D eigenvalue weighted by atomic mass is 9.74. The van der Waals surface area contributed by atoms with E-state index >= 15 is 0 Å². The molecule has 0 unspecified atom stereocenters. The highest BCUT2D eigenvalue weighted by atomic mass is 31.1. The van der Waals surface area contributed by atoms with Crippen LogP contribution < -0.4 is 29.4 Å². The molecule has 120 heavy (non-hydrogen) atoms. The molecule has 0 spiro atoms. The SMILES string of the molecule is CC(C)c1cc(C(C)C)c(-c2cccc(-c3c(C(C)C)cc(C(C)C)cc3C(C)C)c2[P-]B(N2C(C)(C)CCCC2(C)C)[n+]2ccc(N(C)C)cc2)c(C(C)C)c1.CC(C)c1cc(C(C)C)c(-c2cccc(-c3c(C(C)C)cc(C(C)C)cc3C(C)C)c2[P-]B(N2C(C)(C)CCCC2(C)C)[n+]2ccc(N(C)C)cc2)c(C(C)C)c1.CCCCCC.